The van der Waals surface area contributed by atoms with Gasteiger partial charge in [-0.1, -0.05) is 23.4 Å². The quantitative estimate of drug-likeness (QED) is 0.784. The van der Waals surface area contributed by atoms with Crippen LogP contribution < -0.4 is 10.1 Å². The Hall–Kier alpha value is -1.94. The highest BCUT2D eigenvalue weighted by Gasteiger charge is 2.37. The number of halogens is 4. The molecule has 0 saturated heterocycles. The highest BCUT2D eigenvalue weighted by molar-refractivity contribution is 8.00. The van der Waals surface area contributed by atoms with Crippen LogP contribution in [0.4, 0.5) is 18.9 Å². The van der Waals surface area contributed by atoms with E-state index in [2.05, 4.69) is 15.5 Å². The fourth-order valence-electron chi connectivity index (χ4n) is 1.89. The SMILES string of the molecule is COc1ccc(Cl)cc1NC(=O)[C@H](C)Sc1nnc(C(F)(F)F)n1C. The van der Waals surface area contributed by atoms with Crippen LogP contribution >= 0.6 is 23.4 Å². The van der Waals surface area contributed by atoms with E-state index in [9.17, 15) is 18.0 Å². The van der Waals surface area contributed by atoms with Crippen LogP contribution in [0.3, 0.4) is 0 Å². The van der Waals surface area contributed by atoms with Crippen molar-refractivity contribution in [3.63, 3.8) is 0 Å². The highest BCUT2D eigenvalue weighted by atomic mass is 35.5. The van der Waals surface area contributed by atoms with Gasteiger partial charge in [0.25, 0.3) is 0 Å². The number of nitrogens with zero attached hydrogens (tertiary/aromatic N) is 3. The number of alkyl halides is 3. The molecule has 1 heterocycles. The molecule has 1 atom stereocenters. The summed E-state index contributed by atoms with van der Waals surface area (Å²) in [6.45, 7) is 1.54. The predicted molar refractivity (Wildman–Crippen MR) is 88.0 cm³/mol. The Morgan fingerprint density at radius 2 is 2.08 bits per heavy atom. The van der Waals surface area contributed by atoms with Gasteiger partial charge in [-0.25, -0.2) is 0 Å². The maximum atomic E-state index is 12.7. The van der Waals surface area contributed by atoms with E-state index in [1.54, 1.807) is 19.1 Å². The number of hydrogen-bond acceptors (Lipinski definition) is 5. The lowest BCUT2D eigenvalue weighted by Gasteiger charge is -2.14. The summed E-state index contributed by atoms with van der Waals surface area (Å²) in [6, 6.07) is 4.71. The fraction of sp³-hybridized carbons (Fsp3) is 0.357. The first kappa shape index (κ1) is 19.4. The molecule has 1 aromatic carbocycles. The molecule has 25 heavy (non-hydrogen) atoms. The molecule has 1 aromatic heterocycles. The summed E-state index contributed by atoms with van der Waals surface area (Å²) >= 11 is 6.75. The number of rotatable bonds is 5. The maximum Gasteiger partial charge on any atom is 0.451 e. The standard InChI is InChI=1S/C14H14ClF3N4O2S/c1-7(25-13-21-20-12(22(13)2)14(16,17)18)11(23)19-9-6-8(15)4-5-10(9)24-3/h4-7H,1-3H3,(H,19,23)/t7-/m0/s1. The lowest BCUT2D eigenvalue weighted by molar-refractivity contribution is -0.147. The molecule has 0 saturated carbocycles. The van der Waals surface area contributed by atoms with Gasteiger partial charge in [0.15, 0.2) is 5.16 Å². The van der Waals surface area contributed by atoms with Gasteiger partial charge in [-0.2, -0.15) is 13.2 Å². The summed E-state index contributed by atoms with van der Waals surface area (Å²) in [7, 11) is 2.63. The molecule has 0 aliphatic heterocycles. The van der Waals surface area contributed by atoms with Gasteiger partial charge >= 0.3 is 6.18 Å². The zero-order valence-electron chi connectivity index (χ0n) is 13.4. The molecule has 6 nitrogen and oxygen atoms in total. The van der Waals surface area contributed by atoms with Gasteiger partial charge in [-0.05, 0) is 25.1 Å². The number of nitrogens with one attached hydrogen (secondary N) is 1. The number of carbonyl (C=O) groups excluding carboxylic acids is 1. The van der Waals surface area contributed by atoms with Crippen LogP contribution in [0.1, 0.15) is 12.7 Å². The molecule has 0 bridgehead atoms. The minimum Gasteiger partial charge on any atom is -0.495 e. The van der Waals surface area contributed by atoms with Crippen molar-refractivity contribution in [3.05, 3.63) is 29.0 Å². The average Bonchev–Trinajstić information content (AvgIpc) is 2.88. The van der Waals surface area contributed by atoms with Gasteiger partial charge < -0.3 is 14.6 Å². The molecule has 0 fully saturated rings. The normalized spacial score (nSPS) is 12.8. The van der Waals surface area contributed by atoms with Gasteiger partial charge in [0, 0.05) is 12.1 Å². The van der Waals surface area contributed by atoms with Crippen LogP contribution in [-0.4, -0.2) is 33.0 Å². The van der Waals surface area contributed by atoms with Crippen LogP contribution in [0.25, 0.3) is 0 Å². The first-order valence-electron chi connectivity index (χ1n) is 6.91. The van der Waals surface area contributed by atoms with E-state index in [1.807, 2.05) is 0 Å². The molecule has 0 radical (unpaired) electrons. The zero-order chi connectivity index (χ0) is 18.8. The first-order chi connectivity index (χ1) is 11.6. The molecule has 1 N–H and O–H groups in total. The van der Waals surface area contributed by atoms with E-state index < -0.39 is 23.2 Å². The Balaban J connectivity index is 2.12. The number of aromatic nitrogens is 3. The second-order valence-corrected chi connectivity index (χ2v) is 6.70. The van der Waals surface area contributed by atoms with Crippen molar-refractivity contribution in [3.8, 4) is 5.75 Å². The summed E-state index contributed by atoms with van der Waals surface area (Å²) in [5.41, 5.74) is 0.362. The number of benzene rings is 1. The Morgan fingerprint density at radius 3 is 2.64 bits per heavy atom. The fourth-order valence-corrected chi connectivity index (χ4v) is 2.88. The van der Waals surface area contributed by atoms with Crippen LogP contribution in [0.2, 0.25) is 5.02 Å². The van der Waals surface area contributed by atoms with Crippen LogP contribution in [0, 0.1) is 0 Å². The van der Waals surface area contributed by atoms with Crippen molar-refractivity contribution in [1.82, 2.24) is 14.8 Å². The molecule has 1 amide bonds. The van der Waals surface area contributed by atoms with Gasteiger partial charge in [0.1, 0.15) is 5.75 Å². The van der Waals surface area contributed by atoms with Gasteiger partial charge in [0.05, 0.1) is 18.0 Å². The molecule has 2 aromatic rings. The second kappa shape index (κ2) is 7.52. The molecule has 0 aliphatic carbocycles. The van der Waals surface area contributed by atoms with E-state index in [0.29, 0.717) is 16.5 Å². The number of methoxy groups -OCH3 is 1. The summed E-state index contributed by atoms with van der Waals surface area (Å²) in [6.07, 6.45) is -4.61. The highest BCUT2D eigenvalue weighted by Crippen LogP contribution is 2.32. The second-order valence-electron chi connectivity index (χ2n) is 4.96. The molecular formula is C14H14ClF3N4O2S. The summed E-state index contributed by atoms with van der Waals surface area (Å²) in [5.74, 6) is -1.16. The van der Waals surface area contributed by atoms with Crippen molar-refractivity contribution >= 4 is 35.0 Å². The molecule has 0 aliphatic rings. The minimum atomic E-state index is -4.61. The number of hydrogen-bond donors (Lipinski definition) is 1. The minimum absolute atomic E-state index is 0.0203. The molecule has 0 unspecified atom stereocenters. The van der Waals surface area contributed by atoms with E-state index in [0.717, 1.165) is 16.3 Å². The number of ether oxygens (including phenoxy) is 1. The summed E-state index contributed by atoms with van der Waals surface area (Å²) in [5, 5.41) is 8.89. The number of thioether (sulfide) groups is 1. The molecule has 0 spiro atoms. The maximum absolute atomic E-state index is 12.7. The monoisotopic (exact) mass is 394 g/mol. The lowest BCUT2D eigenvalue weighted by Crippen LogP contribution is -2.23. The molecule has 2 rings (SSSR count). The first-order valence-corrected chi connectivity index (χ1v) is 8.17. The van der Waals surface area contributed by atoms with Crippen molar-refractivity contribution in [2.24, 2.45) is 7.05 Å². The number of anilines is 1. The van der Waals surface area contributed by atoms with E-state index in [-0.39, 0.29) is 5.16 Å². The average molecular weight is 395 g/mol. The zero-order valence-corrected chi connectivity index (χ0v) is 15.0. The van der Waals surface area contributed by atoms with Crippen LogP contribution in [0.15, 0.2) is 23.4 Å². The van der Waals surface area contributed by atoms with Crippen molar-refractivity contribution in [2.45, 2.75) is 23.5 Å². The largest absolute Gasteiger partial charge is 0.495 e. The van der Waals surface area contributed by atoms with E-state index in [4.69, 9.17) is 16.3 Å². The molecular weight excluding hydrogens is 381 g/mol. The van der Waals surface area contributed by atoms with E-state index in [1.165, 1.54) is 20.2 Å². The number of amides is 1. The Bertz CT molecular complexity index is 782. The summed E-state index contributed by atoms with van der Waals surface area (Å²) in [4.78, 5) is 12.3. The Morgan fingerprint density at radius 1 is 1.40 bits per heavy atom. The van der Waals surface area contributed by atoms with Crippen molar-refractivity contribution in [1.29, 1.82) is 0 Å². The van der Waals surface area contributed by atoms with Crippen molar-refractivity contribution < 1.29 is 22.7 Å². The Kier molecular flexibility index (Phi) is 5.83. The Labute approximate surface area is 150 Å². The third-order valence-electron chi connectivity index (χ3n) is 3.16. The van der Waals surface area contributed by atoms with Crippen molar-refractivity contribution in [2.75, 3.05) is 12.4 Å². The van der Waals surface area contributed by atoms with Gasteiger partial charge in [-0.3, -0.25) is 4.79 Å². The lowest BCUT2D eigenvalue weighted by atomic mass is 10.3. The van der Waals surface area contributed by atoms with Crippen LogP contribution in [0.5, 0.6) is 5.75 Å². The molecule has 11 heteroatoms. The third kappa shape index (κ3) is 4.57. The summed E-state index contributed by atoms with van der Waals surface area (Å²) < 4.78 is 44.1. The molecule has 136 valence electrons. The topological polar surface area (TPSA) is 69.0 Å². The third-order valence-corrected chi connectivity index (χ3v) is 4.53. The van der Waals surface area contributed by atoms with Gasteiger partial charge in [-0.15, -0.1) is 10.2 Å². The van der Waals surface area contributed by atoms with Crippen LogP contribution in [-0.2, 0) is 18.0 Å². The predicted octanol–water partition coefficient (Wildman–Crippen LogP) is 3.62. The number of carbonyl (C=O) groups is 1. The van der Waals surface area contributed by atoms with E-state index >= 15 is 0 Å². The van der Waals surface area contributed by atoms with Gasteiger partial charge in [0.2, 0.25) is 11.7 Å². The smallest absolute Gasteiger partial charge is 0.451 e.